The third kappa shape index (κ3) is 5.54. The van der Waals surface area contributed by atoms with Gasteiger partial charge in [-0.25, -0.2) is 9.18 Å². The summed E-state index contributed by atoms with van der Waals surface area (Å²) in [6, 6.07) is 0. The maximum absolute atomic E-state index is 12.2. The van der Waals surface area contributed by atoms with Crippen molar-refractivity contribution in [2.75, 3.05) is 0 Å². The number of halogens is 1. The highest BCUT2D eigenvalue weighted by atomic mass is 19.1. The highest BCUT2D eigenvalue weighted by Crippen LogP contribution is 2.06. The Labute approximate surface area is 60.4 Å². The molecule has 0 aromatic heterocycles. The van der Waals surface area contributed by atoms with Crippen LogP contribution in [0.2, 0.25) is 0 Å². The van der Waals surface area contributed by atoms with Crippen molar-refractivity contribution in [2.24, 2.45) is 0 Å². The first kappa shape index (κ1) is 9.40. The Morgan fingerprint density at radius 2 is 2.30 bits per heavy atom. The summed E-state index contributed by atoms with van der Waals surface area (Å²) in [5.74, 6) is 0. The van der Waals surface area contributed by atoms with Crippen LogP contribution in [-0.4, -0.2) is 12.8 Å². The quantitative estimate of drug-likeness (QED) is 0.537. The first-order valence-corrected chi connectivity index (χ1v) is 3.48. The second kappa shape index (κ2) is 6.52. The van der Waals surface area contributed by atoms with E-state index in [1.54, 1.807) is 0 Å². The Morgan fingerprint density at radius 1 is 1.60 bits per heavy atom. The molecule has 0 spiro atoms. The smallest absolute Gasteiger partial charge is 0.420 e. The van der Waals surface area contributed by atoms with Crippen LogP contribution in [0.1, 0.15) is 32.6 Å². The maximum atomic E-state index is 12.2. The van der Waals surface area contributed by atoms with Crippen LogP contribution in [0.25, 0.3) is 0 Å². The molecule has 1 atom stereocenters. The van der Waals surface area contributed by atoms with Crippen LogP contribution in [0.4, 0.5) is 4.39 Å². The summed E-state index contributed by atoms with van der Waals surface area (Å²) in [6.07, 6.45) is 1.62. The largest absolute Gasteiger partial charge is 0.423 e. The molecule has 59 valence electrons. The third-order valence-electron chi connectivity index (χ3n) is 1.21. The molecular weight excluding hydrogens is 135 g/mol. The van der Waals surface area contributed by atoms with Gasteiger partial charge in [0.15, 0.2) is 0 Å². The van der Waals surface area contributed by atoms with Gasteiger partial charge in [0.25, 0.3) is 0 Å². The molecule has 2 nitrogen and oxygen atoms in total. The average molecular weight is 147 g/mol. The van der Waals surface area contributed by atoms with E-state index >= 15 is 0 Å². The number of unbranched alkanes of at least 4 members (excludes halogenated alkanes) is 2. The van der Waals surface area contributed by atoms with E-state index < -0.39 is 6.36 Å². The van der Waals surface area contributed by atoms with Gasteiger partial charge in [-0.15, -0.1) is 0 Å². The Kier molecular flexibility index (Phi) is 6.13. The van der Waals surface area contributed by atoms with Crippen molar-refractivity contribution in [3.05, 3.63) is 0 Å². The Bertz CT molecular complexity index is 85.7. The van der Waals surface area contributed by atoms with Gasteiger partial charge in [0.05, 0.1) is 0 Å². The van der Waals surface area contributed by atoms with Crippen LogP contribution in [-0.2, 0) is 9.53 Å². The lowest BCUT2D eigenvalue weighted by atomic mass is 10.2. The molecule has 0 aliphatic heterocycles. The molecule has 0 aromatic carbocycles. The Hall–Kier alpha value is -0.600. The second-order valence-electron chi connectivity index (χ2n) is 2.11. The zero-order valence-corrected chi connectivity index (χ0v) is 6.10. The molecule has 10 heavy (non-hydrogen) atoms. The molecule has 0 aliphatic rings. The van der Waals surface area contributed by atoms with Crippen LogP contribution in [0.3, 0.4) is 0 Å². The van der Waals surface area contributed by atoms with E-state index in [4.69, 9.17) is 0 Å². The van der Waals surface area contributed by atoms with Gasteiger partial charge < -0.3 is 4.74 Å². The molecule has 0 N–H and O–H groups in total. The molecule has 0 bridgehead atoms. The van der Waals surface area contributed by atoms with Gasteiger partial charge in [0, 0.05) is 6.42 Å². The van der Waals surface area contributed by atoms with Crippen molar-refractivity contribution in [3.8, 4) is 0 Å². The zero-order chi connectivity index (χ0) is 7.82. The van der Waals surface area contributed by atoms with E-state index in [1.807, 2.05) is 6.92 Å². The van der Waals surface area contributed by atoms with E-state index in [9.17, 15) is 9.18 Å². The number of rotatable bonds is 6. The molecule has 0 rings (SSSR count). The Balaban J connectivity index is 3.04. The minimum absolute atomic E-state index is 0.295. The van der Waals surface area contributed by atoms with Gasteiger partial charge in [0.2, 0.25) is 6.36 Å². The summed E-state index contributed by atoms with van der Waals surface area (Å²) in [6.45, 7) is 3.10. The van der Waals surface area contributed by atoms with Crippen LogP contribution in [0.5, 0.6) is 0 Å². The number of ether oxygens (including phenoxy) is 1. The Morgan fingerprint density at radius 3 is 2.80 bits per heavy atom. The summed E-state index contributed by atoms with van der Waals surface area (Å²) in [4.78, 5) is 9.46. The van der Waals surface area contributed by atoms with E-state index in [2.05, 4.69) is 4.74 Å². The van der Waals surface area contributed by atoms with Crippen molar-refractivity contribution in [3.63, 3.8) is 0 Å². The van der Waals surface area contributed by atoms with Crippen LogP contribution >= 0.6 is 0 Å². The number of hydrogen-bond donors (Lipinski definition) is 0. The minimum Gasteiger partial charge on any atom is -0.423 e. The SMILES string of the molecule is CCCCCC(F)O[C]=O. The second-order valence-corrected chi connectivity index (χ2v) is 2.11. The van der Waals surface area contributed by atoms with E-state index in [-0.39, 0.29) is 0 Å². The molecule has 0 amide bonds. The lowest BCUT2D eigenvalue weighted by Gasteiger charge is -2.02. The van der Waals surface area contributed by atoms with Gasteiger partial charge >= 0.3 is 6.47 Å². The van der Waals surface area contributed by atoms with Gasteiger partial charge in [-0.1, -0.05) is 19.8 Å². The average Bonchev–Trinajstić information content (AvgIpc) is 1.89. The van der Waals surface area contributed by atoms with Gasteiger partial charge in [-0.3, -0.25) is 0 Å². The highest BCUT2D eigenvalue weighted by molar-refractivity contribution is 5.38. The molecule has 0 aromatic rings. The standard InChI is InChI=1S/C7H12FO2/c1-2-3-4-5-7(8)10-6-9/h7H,2-5H2,1H3. The third-order valence-corrected chi connectivity index (χ3v) is 1.21. The molecule has 3 heteroatoms. The molecule has 1 unspecified atom stereocenters. The zero-order valence-electron chi connectivity index (χ0n) is 6.10. The fraction of sp³-hybridized carbons (Fsp3) is 0.857. The summed E-state index contributed by atoms with van der Waals surface area (Å²) in [5, 5.41) is 0. The van der Waals surface area contributed by atoms with Crippen LogP contribution < -0.4 is 0 Å². The number of alkyl halides is 1. The van der Waals surface area contributed by atoms with Crippen molar-refractivity contribution >= 4 is 6.47 Å². The molecule has 0 aliphatic carbocycles. The normalized spacial score (nSPS) is 12.6. The lowest BCUT2D eigenvalue weighted by molar-refractivity contribution is 0.0419. The van der Waals surface area contributed by atoms with E-state index in [0.717, 1.165) is 25.7 Å². The lowest BCUT2D eigenvalue weighted by Crippen LogP contribution is -2.03. The molecule has 0 saturated heterocycles. The van der Waals surface area contributed by atoms with Crippen LogP contribution in [0.15, 0.2) is 0 Å². The first-order chi connectivity index (χ1) is 4.81. The molecule has 1 radical (unpaired) electrons. The fourth-order valence-electron chi connectivity index (χ4n) is 0.666. The highest BCUT2D eigenvalue weighted by Gasteiger charge is 2.04. The molecule has 0 heterocycles. The van der Waals surface area contributed by atoms with Crippen molar-refractivity contribution in [1.82, 2.24) is 0 Å². The van der Waals surface area contributed by atoms with Gasteiger partial charge in [-0.05, 0) is 6.42 Å². The van der Waals surface area contributed by atoms with Crippen molar-refractivity contribution in [2.45, 2.75) is 39.0 Å². The van der Waals surface area contributed by atoms with E-state index in [1.165, 1.54) is 0 Å². The first-order valence-electron chi connectivity index (χ1n) is 3.48. The molecule has 0 saturated carbocycles. The summed E-state index contributed by atoms with van der Waals surface area (Å²) >= 11 is 0. The monoisotopic (exact) mass is 147 g/mol. The maximum Gasteiger partial charge on any atom is 0.420 e. The minimum atomic E-state index is -1.45. The van der Waals surface area contributed by atoms with Crippen molar-refractivity contribution < 1.29 is 13.9 Å². The molecular formula is C7H12FO2. The van der Waals surface area contributed by atoms with Crippen molar-refractivity contribution in [1.29, 1.82) is 0 Å². The predicted molar refractivity (Wildman–Crippen MR) is 35.8 cm³/mol. The fourth-order valence-corrected chi connectivity index (χ4v) is 0.666. The molecule has 0 fully saturated rings. The van der Waals surface area contributed by atoms with Gasteiger partial charge in [0.1, 0.15) is 0 Å². The van der Waals surface area contributed by atoms with E-state index in [0.29, 0.717) is 6.42 Å². The summed E-state index contributed by atoms with van der Waals surface area (Å²) in [7, 11) is 0. The summed E-state index contributed by atoms with van der Waals surface area (Å²) < 4.78 is 16.2. The topological polar surface area (TPSA) is 26.3 Å². The number of carbonyl (C=O) groups excluding carboxylic acids is 1. The number of hydrogen-bond acceptors (Lipinski definition) is 2. The predicted octanol–water partition coefficient (Wildman–Crippen LogP) is 1.95. The van der Waals surface area contributed by atoms with Crippen LogP contribution in [0, 0.1) is 0 Å². The summed E-state index contributed by atoms with van der Waals surface area (Å²) in [5.41, 5.74) is 0. The van der Waals surface area contributed by atoms with Gasteiger partial charge in [-0.2, -0.15) is 0 Å².